The van der Waals surface area contributed by atoms with Crippen LogP contribution < -0.4 is 10.1 Å². The summed E-state index contributed by atoms with van der Waals surface area (Å²) in [5.41, 5.74) is 2.45. The molecule has 0 amide bonds. The van der Waals surface area contributed by atoms with Crippen molar-refractivity contribution >= 4 is 6.08 Å². The van der Waals surface area contributed by atoms with E-state index in [4.69, 9.17) is 4.74 Å². The van der Waals surface area contributed by atoms with E-state index in [0.717, 1.165) is 31.6 Å². The maximum Gasteiger partial charge on any atom is 0.118 e. The standard InChI is InChI=1S/C17H25NO2/c1-13(11-14-7-9-15(20-2)10-8-14)12-18-16-5-3-4-6-17(16)19/h7-11,16-19H,3-6,12H2,1-2H3/b13-11-. The van der Waals surface area contributed by atoms with Crippen LogP contribution in [-0.4, -0.2) is 30.9 Å². The lowest BCUT2D eigenvalue weighted by Gasteiger charge is -2.28. The second-order valence-corrected chi connectivity index (χ2v) is 5.60. The molecule has 1 aromatic carbocycles. The van der Waals surface area contributed by atoms with Crippen molar-refractivity contribution in [1.29, 1.82) is 0 Å². The van der Waals surface area contributed by atoms with Gasteiger partial charge in [0, 0.05) is 12.6 Å². The van der Waals surface area contributed by atoms with Crippen LogP contribution in [0, 0.1) is 0 Å². The van der Waals surface area contributed by atoms with Crippen molar-refractivity contribution in [3.05, 3.63) is 35.4 Å². The van der Waals surface area contributed by atoms with Crippen molar-refractivity contribution in [3.63, 3.8) is 0 Å². The van der Waals surface area contributed by atoms with Crippen molar-refractivity contribution < 1.29 is 9.84 Å². The molecule has 3 nitrogen and oxygen atoms in total. The molecule has 2 atom stereocenters. The van der Waals surface area contributed by atoms with Crippen LogP contribution in [0.5, 0.6) is 5.75 Å². The maximum absolute atomic E-state index is 9.93. The Labute approximate surface area is 121 Å². The van der Waals surface area contributed by atoms with Crippen LogP contribution in [0.25, 0.3) is 6.08 Å². The van der Waals surface area contributed by atoms with Gasteiger partial charge in [-0.2, -0.15) is 0 Å². The Hall–Kier alpha value is -1.32. The van der Waals surface area contributed by atoms with Gasteiger partial charge in [0.05, 0.1) is 13.2 Å². The minimum atomic E-state index is -0.183. The van der Waals surface area contributed by atoms with Gasteiger partial charge in [0.25, 0.3) is 0 Å². The topological polar surface area (TPSA) is 41.5 Å². The van der Waals surface area contributed by atoms with E-state index in [1.807, 2.05) is 12.1 Å². The second kappa shape index (κ2) is 7.46. The lowest BCUT2D eigenvalue weighted by Crippen LogP contribution is -2.42. The molecule has 0 heterocycles. The van der Waals surface area contributed by atoms with E-state index in [0.29, 0.717) is 0 Å². The fourth-order valence-corrected chi connectivity index (χ4v) is 2.68. The van der Waals surface area contributed by atoms with Crippen molar-refractivity contribution in [1.82, 2.24) is 5.32 Å². The molecule has 0 radical (unpaired) electrons. The Morgan fingerprint density at radius 2 is 2.00 bits per heavy atom. The van der Waals surface area contributed by atoms with Gasteiger partial charge >= 0.3 is 0 Å². The van der Waals surface area contributed by atoms with Gasteiger partial charge in [-0.05, 0) is 37.5 Å². The number of hydrogen-bond donors (Lipinski definition) is 2. The van der Waals surface area contributed by atoms with E-state index in [2.05, 4.69) is 30.4 Å². The number of nitrogens with one attached hydrogen (secondary N) is 1. The average Bonchev–Trinajstić information content (AvgIpc) is 2.47. The Kier molecular flexibility index (Phi) is 5.62. The number of aliphatic hydroxyl groups excluding tert-OH is 1. The lowest BCUT2D eigenvalue weighted by molar-refractivity contribution is 0.0925. The van der Waals surface area contributed by atoms with Crippen molar-refractivity contribution in [2.75, 3.05) is 13.7 Å². The summed E-state index contributed by atoms with van der Waals surface area (Å²) in [5.74, 6) is 0.878. The lowest BCUT2D eigenvalue weighted by atomic mass is 9.92. The van der Waals surface area contributed by atoms with Crippen molar-refractivity contribution in [2.45, 2.75) is 44.8 Å². The van der Waals surface area contributed by atoms with E-state index < -0.39 is 0 Å². The molecule has 0 spiro atoms. The largest absolute Gasteiger partial charge is 0.497 e. The Morgan fingerprint density at radius 1 is 1.30 bits per heavy atom. The highest BCUT2D eigenvalue weighted by atomic mass is 16.5. The molecule has 2 N–H and O–H groups in total. The van der Waals surface area contributed by atoms with Gasteiger partial charge < -0.3 is 15.2 Å². The van der Waals surface area contributed by atoms with Crippen LogP contribution in [0.4, 0.5) is 0 Å². The molecular formula is C17H25NO2. The highest BCUT2D eigenvalue weighted by Crippen LogP contribution is 2.19. The summed E-state index contributed by atoms with van der Waals surface area (Å²) in [7, 11) is 1.68. The number of benzene rings is 1. The third kappa shape index (κ3) is 4.36. The summed E-state index contributed by atoms with van der Waals surface area (Å²) < 4.78 is 5.15. The average molecular weight is 275 g/mol. The summed E-state index contributed by atoms with van der Waals surface area (Å²) >= 11 is 0. The molecule has 1 aromatic rings. The number of hydrogen-bond acceptors (Lipinski definition) is 3. The van der Waals surface area contributed by atoms with Crippen LogP contribution in [0.1, 0.15) is 38.2 Å². The molecule has 0 bridgehead atoms. The second-order valence-electron chi connectivity index (χ2n) is 5.60. The molecule has 2 rings (SSSR count). The Balaban J connectivity index is 1.86. The smallest absolute Gasteiger partial charge is 0.118 e. The first-order valence-electron chi connectivity index (χ1n) is 7.41. The van der Waals surface area contributed by atoms with E-state index in [-0.39, 0.29) is 12.1 Å². The predicted molar refractivity (Wildman–Crippen MR) is 82.9 cm³/mol. The summed E-state index contributed by atoms with van der Waals surface area (Å²) in [4.78, 5) is 0. The molecule has 2 unspecified atom stereocenters. The minimum absolute atomic E-state index is 0.183. The monoisotopic (exact) mass is 275 g/mol. The van der Waals surface area contributed by atoms with Crippen LogP contribution in [0.15, 0.2) is 29.8 Å². The van der Waals surface area contributed by atoms with Crippen molar-refractivity contribution in [3.8, 4) is 5.75 Å². The van der Waals surface area contributed by atoms with E-state index in [9.17, 15) is 5.11 Å². The summed E-state index contributed by atoms with van der Waals surface area (Å²) in [6, 6.07) is 8.30. The highest BCUT2D eigenvalue weighted by molar-refractivity contribution is 5.53. The first-order valence-corrected chi connectivity index (χ1v) is 7.41. The first-order chi connectivity index (χ1) is 9.69. The van der Waals surface area contributed by atoms with Gasteiger partial charge in [0.2, 0.25) is 0 Å². The van der Waals surface area contributed by atoms with Crippen molar-refractivity contribution in [2.24, 2.45) is 0 Å². The number of rotatable bonds is 5. The fraction of sp³-hybridized carbons (Fsp3) is 0.529. The molecule has 110 valence electrons. The molecule has 1 aliphatic carbocycles. The quantitative estimate of drug-likeness (QED) is 0.868. The van der Waals surface area contributed by atoms with Crippen LogP contribution >= 0.6 is 0 Å². The van der Waals surface area contributed by atoms with E-state index in [1.165, 1.54) is 17.6 Å². The molecular weight excluding hydrogens is 250 g/mol. The third-order valence-corrected chi connectivity index (χ3v) is 3.90. The molecule has 3 heteroatoms. The summed E-state index contributed by atoms with van der Waals surface area (Å²) in [6.45, 7) is 2.94. The van der Waals surface area contributed by atoms with Gasteiger partial charge in [-0.25, -0.2) is 0 Å². The first kappa shape index (κ1) is 15.1. The normalized spacial score (nSPS) is 23.6. The molecule has 1 aliphatic rings. The predicted octanol–water partition coefficient (Wildman–Crippen LogP) is 2.99. The molecule has 1 saturated carbocycles. The van der Waals surface area contributed by atoms with Gasteiger partial charge in [-0.3, -0.25) is 0 Å². The molecule has 0 aromatic heterocycles. The third-order valence-electron chi connectivity index (χ3n) is 3.90. The number of aliphatic hydroxyl groups is 1. The Morgan fingerprint density at radius 3 is 2.65 bits per heavy atom. The van der Waals surface area contributed by atoms with Gasteiger partial charge in [-0.1, -0.05) is 36.6 Å². The van der Waals surface area contributed by atoms with Crippen LogP contribution in [0.2, 0.25) is 0 Å². The zero-order valence-electron chi connectivity index (χ0n) is 12.4. The van der Waals surface area contributed by atoms with Gasteiger partial charge in [0.1, 0.15) is 5.75 Å². The van der Waals surface area contributed by atoms with E-state index in [1.54, 1.807) is 7.11 Å². The zero-order valence-corrected chi connectivity index (χ0v) is 12.4. The molecule has 0 aliphatic heterocycles. The van der Waals surface area contributed by atoms with E-state index >= 15 is 0 Å². The molecule has 20 heavy (non-hydrogen) atoms. The van der Waals surface area contributed by atoms with Crippen LogP contribution in [0.3, 0.4) is 0 Å². The number of methoxy groups -OCH3 is 1. The summed E-state index contributed by atoms with van der Waals surface area (Å²) in [5, 5.41) is 13.4. The Bertz CT molecular complexity index is 439. The van der Waals surface area contributed by atoms with Crippen LogP contribution in [-0.2, 0) is 0 Å². The van der Waals surface area contributed by atoms with Gasteiger partial charge in [-0.15, -0.1) is 0 Å². The highest BCUT2D eigenvalue weighted by Gasteiger charge is 2.21. The fourth-order valence-electron chi connectivity index (χ4n) is 2.68. The molecule has 1 fully saturated rings. The SMILES string of the molecule is COc1ccc(/C=C(/C)CNC2CCCCC2O)cc1. The maximum atomic E-state index is 9.93. The van der Waals surface area contributed by atoms with Gasteiger partial charge in [0.15, 0.2) is 0 Å². The summed E-state index contributed by atoms with van der Waals surface area (Å²) in [6.07, 6.45) is 6.37. The molecule has 0 saturated heterocycles. The number of ether oxygens (including phenoxy) is 1. The zero-order chi connectivity index (χ0) is 14.4. The minimum Gasteiger partial charge on any atom is -0.497 e.